The van der Waals surface area contributed by atoms with Crippen LogP contribution >= 0.6 is 31.9 Å². The molecular formula is C19H18Br2O6. The van der Waals surface area contributed by atoms with Crippen molar-refractivity contribution in [3.63, 3.8) is 0 Å². The van der Waals surface area contributed by atoms with Gasteiger partial charge in [-0.1, -0.05) is 31.9 Å². The Labute approximate surface area is 174 Å². The zero-order valence-electron chi connectivity index (χ0n) is 14.8. The number of benzene rings is 2. The zero-order valence-corrected chi connectivity index (χ0v) is 18.0. The Balaban J connectivity index is 1.82. The number of methoxy groups -OCH3 is 2. The van der Waals surface area contributed by atoms with Gasteiger partial charge in [0, 0.05) is 21.8 Å². The molecule has 0 aliphatic carbocycles. The molecule has 8 heteroatoms. The quantitative estimate of drug-likeness (QED) is 0.378. The van der Waals surface area contributed by atoms with Crippen molar-refractivity contribution in [2.45, 2.75) is 19.3 Å². The van der Waals surface area contributed by atoms with Crippen LogP contribution in [0.3, 0.4) is 0 Å². The van der Waals surface area contributed by atoms with Crippen molar-refractivity contribution >= 4 is 43.8 Å². The lowest BCUT2D eigenvalue weighted by Crippen LogP contribution is -2.12. The largest absolute Gasteiger partial charge is 0.493 e. The van der Waals surface area contributed by atoms with Gasteiger partial charge in [-0.2, -0.15) is 0 Å². The first-order valence-electron chi connectivity index (χ1n) is 8.01. The van der Waals surface area contributed by atoms with E-state index < -0.39 is 11.9 Å². The lowest BCUT2D eigenvalue weighted by atomic mass is 10.2. The zero-order chi connectivity index (χ0) is 19.8. The maximum atomic E-state index is 12.0. The number of carbonyl (C=O) groups excluding carboxylic acids is 2. The minimum atomic E-state index is -0.454. The summed E-state index contributed by atoms with van der Waals surface area (Å²) in [4.78, 5) is 24.0. The van der Waals surface area contributed by atoms with E-state index in [4.69, 9.17) is 18.9 Å². The fourth-order valence-corrected chi connectivity index (χ4v) is 2.86. The summed E-state index contributed by atoms with van der Waals surface area (Å²) < 4.78 is 22.5. The molecule has 0 fully saturated rings. The molecular weight excluding hydrogens is 484 g/mol. The van der Waals surface area contributed by atoms with E-state index in [0.29, 0.717) is 29.4 Å². The van der Waals surface area contributed by atoms with Crippen molar-refractivity contribution in [3.8, 4) is 23.0 Å². The smallest absolute Gasteiger partial charge is 0.311 e. The second-order valence-corrected chi connectivity index (χ2v) is 7.22. The topological polar surface area (TPSA) is 71.1 Å². The highest BCUT2D eigenvalue weighted by molar-refractivity contribution is 9.10. The van der Waals surface area contributed by atoms with Crippen LogP contribution in [0, 0.1) is 0 Å². The molecule has 2 aromatic carbocycles. The summed E-state index contributed by atoms with van der Waals surface area (Å²) in [5.74, 6) is 0.633. The van der Waals surface area contributed by atoms with Gasteiger partial charge in [0.05, 0.1) is 14.2 Å². The van der Waals surface area contributed by atoms with Crippen LogP contribution in [0.15, 0.2) is 45.3 Å². The van der Waals surface area contributed by atoms with Gasteiger partial charge >= 0.3 is 11.9 Å². The summed E-state index contributed by atoms with van der Waals surface area (Å²) in [5.41, 5.74) is 0. The molecule has 0 unspecified atom stereocenters. The average Bonchev–Trinajstić information content (AvgIpc) is 2.64. The van der Waals surface area contributed by atoms with Gasteiger partial charge in [-0.15, -0.1) is 0 Å². The van der Waals surface area contributed by atoms with Gasteiger partial charge in [0.2, 0.25) is 0 Å². The van der Waals surface area contributed by atoms with Crippen molar-refractivity contribution in [2.75, 3.05) is 14.2 Å². The van der Waals surface area contributed by atoms with Crippen LogP contribution in [0.2, 0.25) is 0 Å². The van der Waals surface area contributed by atoms with Crippen LogP contribution < -0.4 is 18.9 Å². The molecule has 6 nitrogen and oxygen atoms in total. The van der Waals surface area contributed by atoms with Crippen LogP contribution in [0.25, 0.3) is 0 Å². The van der Waals surface area contributed by atoms with Gasteiger partial charge in [-0.05, 0) is 42.8 Å². The first-order chi connectivity index (χ1) is 12.9. The highest BCUT2D eigenvalue weighted by atomic mass is 79.9. The maximum Gasteiger partial charge on any atom is 0.311 e. The normalized spacial score (nSPS) is 10.2. The minimum absolute atomic E-state index is 0.0752. The number of halogens is 2. The number of esters is 2. The van der Waals surface area contributed by atoms with Crippen molar-refractivity contribution in [1.82, 2.24) is 0 Å². The summed E-state index contributed by atoms with van der Waals surface area (Å²) in [6.07, 6.45) is 0.451. The van der Waals surface area contributed by atoms with Gasteiger partial charge in [0.1, 0.15) is 0 Å². The minimum Gasteiger partial charge on any atom is -0.493 e. The molecule has 0 N–H and O–H groups in total. The third-order valence-electron chi connectivity index (χ3n) is 3.46. The molecule has 0 amide bonds. The van der Waals surface area contributed by atoms with Crippen LogP contribution in [0.1, 0.15) is 19.3 Å². The summed E-state index contributed by atoms with van der Waals surface area (Å²) in [6.45, 7) is 0. The lowest BCUT2D eigenvalue weighted by Gasteiger charge is -2.10. The van der Waals surface area contributed by atoms with Gasteiger partial charge in [0.15, 0.2) is 23.0 Å². The van der Waals surface area contributed by atoms with E-state index in [1.165, 1.54) is 14.2 Å². The summed E-state index contributed by atoms with van der Waals surface area (Å²) in [5, 5.41) is 0. The molecule has 0 aliphatic heterocycles. The van der Waals surface area contributed by atoms with Crippen LogP contribution in [-0.2, 0) is 9.59 Å². The van der Waals surface area contributed by atoms with E-state index in [1.807, 2.05) is 0 Å². The Morgan fingerprint density at radius 1 is 0.741 bits per heavy atom. The average molecular weight is 502 g/mol. The Kier molecular flexibility index (Phi) is 8.12. The number of ether oxygens (including phenoxy) is 4. The number of hydrogen-bond donors (Lipinski definition) is 0. The predicted molar refractivity (Wildman–Crippen MR) is 107 cm³/mol. The fraction of sp³-hybridized carbons (Fsp3) is 0.263. The van der Waals surface area contributed by atoms with Crippen molar-refractivity contribution in [1.29, 1.82) is 0 Å². The SMILES string of the molecule is COc1cc(Br)ccc1OC(=O)CCCC(=O)Oc1ccc(Br)cc1OC. The van der Waals surface area contributed by atoms with Gasteiger partial charge in [-0.25, -0.2) is 0 Å². The molecule has 0 atom stereocenters. The fourth-order valence-electron chi connectivity index (χ4n) is 2.18. The first-order valence-corrected chi connectivity index (χ1v) is 9.60. The van der Waals surface area contributed by atoms with E-state index in [1.54, 1.807) is 36.4 Å². The van der Waals surface area contributed by atoms with E-state index in [9.17, 15) is 9.59 Å². The van der Waals surface area contributed by atoms with E-state index in [-0.39, 0.29) is 12.8 Å². The van der Waals surface area contributed by atoms with Gasteiger partial charge in [-0.3, -0.25) is 9.59 Å². The summed E-state index contributed by atoms with van der Waals surface area (Å²) in [6, 6.07) is 10.2. The number of carbonyl (C=O) groups is 2. The monoisotopic (exact) mass is 500 g/mol. The lowest BCUT2D eigenvalue weighted by molar-refractivity contribution is -0.136. The van der Waals surface area contributed by atoms with Gasteiger partial charge in [0.25, 0.3) is 0 Å². The van der Waals surface area contributed by atoms with Crippen molar-refractivity contribution in [3.05, 3.63) is 45.3 Å². The molecule has 2 aromatic rings. The molecule has 27 heavy (non-hydrogen) atoms. The van der Waals surface area contributed by atoms with Crippen LogP contribution in [-0.4, -0.2) is 26.2 Å². The second kappa shape index (κ2) is 10.3. The third kappa shape index (κ3) is 6.55. The third-order valence-corrected chi connectivity index (χ3v) is 4.45. The first kappa shape index (κ1) is 21.2. The predicted octanol–water partition coefficient (Wildman–Crippen LogP) is 4.91. The summed E-state index contributed by atoms with van der Waals surface area (Å²) >= 11 is 6.64. The molecule has 0 saturated carbocycles. The van der Waals surface area contributed by atoms with E-state index in [2.05, 4.69) is 31.9 Å². The second-order valence-electron chi connectivity index (χ2n) is 5.39. The molecule has 0 bridgehead atoms. The van der Waals surface area contributed by atoms with E-state index in [0.717, 1.165) is 8.95 Å². The van der Waals surface area contributed by atoms with E-state index >= 15 is 0 Å². The number of rotatable bonds is 8. The molecule has 0 saturated heterocycles. The molecule has 0 aliphatic rings. The van der Waals surface area contributed by atoms with Crippen LogP contribution in [0.5, 0.6) is 23.0 Å². The molecule has 0 radical (unpaired) electrons. The summed E-state index contributed by atoms with van der Waals surface area (Å²) in [7, 11) is 2.98. The highest BCUT2D eigenvalue weighted by Crippen LogP contribution is 2.31. The Hall–Kier alpha value is -2.06. The Morgan fingerprint density at radius 2 is 1.15 bits per heavy atom. The molecule has 0 aromatic heterocycles. The molecule has 0 spiro atoms. The number of hydrogen-bond acceptors (Lipinski definition) is 6. The Bertz CT molecular complexity index is 754. The molecule has 0 heterocycles. The van der Waals surface area contributed by atoms with Gasteiger partial charge < -0.3 is 18.9 Å². The molecule has 144 valence electrons. The molecule has 2 rings (SSSR count). The van der Waals surface area contributed by atoms with Crippen molar-refractivity contribution < 1.29 is 28.5 Å². The highest BCUT2D eigenvalue weighted by Gasteiger charge is 2.14. The van der Waals surface area contributed by atoms with Crippen molar-refractivity contribution in [2.24, 2.45) is 0 Å². The Morgan fingerprint density at radius 3 is 1.52 bits per heavy atom. The maximum absolute atomic E-state index is 12.0. The standard InChI is InChI=1S/C19H18Br2O6/c1-24-16-10-12(20)6-8-14(16)26-18(22)4-3-5-19(23)27-15-9-7-13(21)11-17(15)25-2/h6-11H,3-5H2,1-2H3. The van der Waals surface area contributed by atoms with Crippen LogP contribution in [0.4, 0.5) is 0 Å².